The van der Waals surface area contributed by atoms with Crippen molar-refractivity contribution >= 4 is 65.6 Å². The molecule has 0 saturated heterocycles. The van der Waals surface area contributed by atoms with Crippen molar-refractivity contribution in [1.82, 2.24) is 0 Å². The van der Waals surface area contributed by atoms with Gasteiger partial charge >= 0.3 is 0 Å². The summed E-state index contributed by atoms with van der Waals surface area (Å²) in [4.78, 5) is 4.77. The van der Waals surface area contributed by atoms with E-state index in [0.717, 1.165) is 34.1 Å². The number of fused-ring (bicyclic) bond motifs is 5. The van der Waals surface area contributed by atoms with Crippen molar-refractivity contribution in [2.24, 2.45) is 0 Å². The van der Waals surface area contributed by atoms with Gasteiger partial charge in [0.15, 0.2) is 0 Å². The molecule has 3 heteroatoms. The first-order chi connectivity index (χ1) is 22.3. The first-order valence-corrected chi connectivity index (χ1v) is 16.1. The van der Waals surface area contributed by atoms with E-state index in [0.29, 0.717) is 0 Å². The second kappa shape index (κ2) is 10.5. The molecule has 0 radical (unpaired) electrons. The van der Waals surface area contributed by atoms with E-state index in [9.17, 15) is 0 Å². The van der Waals surface area contributed by atoms with Crippen molar-refractivity contribution in [2.75, 3.05) is 9.80 Å². The van der Waals surface area contributed by atoms with Gasteiger partial charge in [-0.05, 0) is 89.0 Å². The Bertz CT molecular complexity index is 2270. The molecule has 2 nitrogen and oxygen atoms in total. The van der Waals surface area contributed by atoms with Gasteiger partial charge in [0.05, 0.1) is 22.7 Å². The zero-order chi connectivity index (χ0) is 29.7. The van der Waals surface area contributed by atoms with E-state index in [1.165, 1.54) is 42.4 Å². The van der Waals surface area contributed by atoms with Crippen molar-refractivity contribution in [3.8, 4) is 22.3 Å². The number of rotatable bonds is 4. The third-order valence-electron chi connectivity index (χ3n) is 8.80. The summed E-state index contributed by atoms with van der Waals surface area (Å²) in [5, 5.41) is 2.66. The summed E-state index contributed by atoms with van der Waals surface area (Å²) >= 11 is 1.86. The van der Waals surface area contributed by atoms with Crippen LogP contribution in [0.1, 0.15) is 0 Å². The minimum Gasteiger partial charge on any atom is -0.306 e. The number of benzene rings is 7. The van der Waals surface area contributed by atoms with Crippen LogP contribution in [0.25, 0.3) is 42.4 Å². The van der Waals surface area contributed by atoms with Gasteiger partial charge in [-0.25, -0.2) is 0 Å². The molecule has 9 rings (SSSR count). The third-order valence-corrected chi connectivity index (χ3v) is 9.95. The lowest BCUT2D eigenvalue weighted by molar-refractivity contribution is 1.17. The van der Waals surface area contributed by atoms with Crippen LogP contribution in [0.5, 0.6) is 0 Å². The Morgan fingerprint density at radius 3 is 1.31 bits per heavy atom. The average Bonchev–Trinajstić information content (AvgIpc) is 3.49. The van der Waals surface area contributed by atoms with Gasteiger partial charge in [-0.1, -0.05) is 103 Å². The first kappa shape index (κ1) is 25.8. The van der Waals surface area contributed by atoms with Gasteiger partial charge in [-0.3, -0.25) is 0 Å². The molecule has 0 spiro atoms. The second-order valence-corrected chi connectivity index (χ2v) is 12.5. The molecule has 0 N–H and O–H groups in total. The summed E-state index contributed by atoms with van der Waals surface area (Å²) in [6, 6.07) is 61.4. The van der Waals surface area contributed by atoms with Crippen molar-refractivity contribution in [2.45, 2.75) is 0 Å². The lowest BCUT2D eigenvalue weighted by Gasteiger charge is -2.40. The van der Waals surface area contributed by atoms with Crippen molar-refractivity contribution < 1.29 is 0 Å². The lowest BCUT2D eigenvalue weighted by Crippen LogP contribution is -2.23. The predicted octanol–water partition coefficient (Wildman–Crippen LogP) is 12.6. The molecule has 0 fully saturated rings. The minimum absolute atomic E-state index is 1.14. The highest BCUT2D eigenvalue weighted by molar-refractivity contribution is 7.25. The van der Waals surface area contributed by atoms with E-state index in [4.69, 9.17) is 0 Å². The van der Waals surface area contributed by atoms with Crippen LogP contribution in [-0.2, 0) is 0 Å². The molecule has 0 bridgehead atoms. The molecular weight excluding hydrogens is 565 g/mol. The van der Waals surface area contributed by atoms with Crippen LogP contribution in [0, 0.1) is 0 Å². The van der Waals surface area contributed by atoms with Crippen LogP contribution < -0.4 is 9.80 Å². The minimum atomic E-state index is 1.14. The summed E-state index contributed by atoms with van der Waals surface area (Å²) in [7, 11) is 0. The topological polar surface area (TPSA) is 6.48 Å². The quantitative estimate of drug-likeness (QED) is 0.201. The highest BCUT2D eigenvalue weighted by atomic mass is 32.1. The van der Waals surface area contributed by atoms with E-state index in [1.54, 1.807) is 0 Å². The van der Waals surface area contributed by atoms with E-state index in [-0.39, 0.29) is 0 Å². The number of hydrogen-bond acceptors (Lipinski definition) is 3. The predicted molar refractivity (Wildman–Crippen MR) is 193 cm³/mol. The Hall–Kier alpha value is -5.64. The molecular formula is C42H28N2S. The molecule has 0 saturated carbocycles. The molecule has 1 aromatic heterocycles. The highest BCUT2D eigenvalue weighted by Gasteiger charge is 2.30. The maximum atomic E-state index is 2.39. The SMILES string of the molecule is c1ccc(-c2ccc(N3c4ccccc4N(c4ccc(-c5ccc6sc7ccccc7c6c5)cc4)c4ccccc43)cc2)cc1. The van der Waals surface area contributed by atoms with Gasteiger partial charge in [0.25, 0.3) is 0 Å². The zero-order valence-electron chi connectivity index (χ0n) is 24.5. The normalized spacial score (nSPS) is 12.4. The van der Waals surface area contributed by atoms with Gasteiger partial charge in [-0.2, -0.15) is 0 Å². The van der Waals surface area contributed by atoms with E-state index in [1.807, 2.05) is 11.3 Å². The summed E-state index contributed by atoms with van der Waals surface area (Å²) in [5.41, 5.74) is 11.8. The molecule has 8 aromatic rings. The summed E-state index contributed by atoms with van der Waals surface area (Å²) < 4.78 is 2.67. The Kier molecular flexibility index (Phi) is 6.03. The number of nitrogens with zero attached hydrogens (tertiary/aromatic N) is 2. The van der Waals surface area contributed by atoms with Crippen molar-refractivity contribution in [3.05, 3.63) is 170 Å². The number of anilines is 6. The van der Waals surface area contributed by atoms with Gasteiger partial charge in [0.2, 0.25) is 0 Å². The highest BCUT2D eigenvalue weighted by Crippen LogP contribution is 2.54. The monoisotopic (exact) mass is 592 g/mol. The molecule has 0 unspecified atom stereocenters. The molecule has 212 valence electrons. The second-order valence-electron chi connectivity index (χ2n) is 11.4. The fraction of sp³-hybridized carbons (Fsp3) is 0. The Balaban J connectivity index is 1.11. The van der Waals surface area contributed by atoms with Crippen LogP contribution >= 0.6 is 11.3 Å². The largest absolute Gasteiger partial charge is 0.306 e. The number of thiophene rings is 1. The average molecular weight is 593 g/mol. The van der Waals surface area contributed by atoms with Gasteiger partial charge in [0.1, 0.15) is 0 Å². The van der Waals surface area contributed by atoms with Crippen LogP contribution in [0.2, 0.25) is 0 Å². The summed E-state index contributed by atoms with van der Waals surface area (Å²) in [5.74, 6) is 0. The molecule has 0 aliphatic carbocycles. The maximum Gasteiger partial charge on any atom is 0.0703 e. The third kappa shape index (κ3) is 4.32. The van der Waals surface area contributed by atoms with Crippen LogP contribution in [0.4, 0.5) is 34.1 Å². The summed E-state index contributed by atoms with van der Waals surface area (Å²) in [6.07, 6.45) is 0. The van der Waals surface area contributed by atoms with Gasteiger partial charge in [0, 0.05) is 31.5 Å². The van der Waals surface area contributed by atoms with E-state index >= 15 is 0 Å². The molecule has 1 aliphatic rings. The van der Waals surface area contributed by atoms with E-state index in [2.05, 4.69) is 180 Å². The molecule has 0 amide bonds. The zero-order valence-corrected chi connectivity index (χ0v) is 25.3. The van der Waals surface area contributed by atoms with Crippen LogP contribution in [-0.4, -0.2) is 0 Å². The Labute approximate surface area is 266 Å². The Morgan fingerprint density at radius 2 is 0.733 bits per heavy atom. The molecule has 1 aliphatic heterocycles. The molecule has 7 aromatic carbocycles. The standard InChI is InChI=1S/C42H28N2S/c1-2-10-29(11-3-1)30-18-23-33(24-19-30)43-37-13-5-7-15-39(37)44(40-16-8-6-14-38(40)43)34-25-20-31(21-26-34)32-22-27-42-36(28-32)35-12-4-9-17-41(35)45-42/h1-28H. The maximum absolute atomic E-state index is 2.39. The molecule has 2 heterocycles. The van der Waals surface area contributed by atoms with Gasteiger partial charge < -0.3 is 9.80 Å². The lowest BCUT2D eigenvalue weighted by atomic mass is 10.0. The summed E-state index contributed by atoms with van der Waals surface area (Å²) in [6.45, 7) is 0. The molecule has 0 atom stereocenters. The fourth-order valence-corrected chi connectivity index (χ4v) is 7.73. The van der Waals surface area contributed by atoms with E-state index < -0.39 is 0 Å². The number of para-hydroxylation sites is 4. The number of hydrogen-bond donors (Lipinski definition) is 0. The molecule has 45 heavy (non-hydrogen) atoms. The first-order valence-electron chi connectivity index (χ1n) is 15.3. The van der Waals surface area contributed by atoms with Gasteiger partial charge in [-0.15, -0.1) is 11.3 Å². The Morgan fingerprint density at radius 1 is 0.311 bits per heavy atom. The fourth-order valence-electron chi connectivity index (χ4n) is 6.64. The smallest absolute Gasteiger partial charge is 0.0703 e. The van der Waals surface area contributed by atoms with Crippen molar-refractivity contribution in [3.63, 3.8) is 0 Å². The van der Waals surface area contributed by atoms with Crippen LogP contribution in [0.3, 0.4) is 0 Å². The van der Waals surface area contributed by atoms with Crippen LogP contribution in [0.15, 0.2) is 170 Å². The van der Waals surface area contributed by atoms with Crippen molar-refractivity contribution in [1.29, 1.82) is 0 Å².